The van der Waals surface area contributed by atoms with Crippen molar-refractivity contribution in [3.8, 4) is 0 Å². The Morgan fingerprint density at radius 3 is 2.46 bits per heavy atom. The number of hydrogen-bond donors (Lipinski definition) is 0. The molecule has 1 fully saturated rings. The third-order valence-corrected chi connectivity index (χ3v) is 4.28. The first kappa shape index (κ1) is 16.7. The van der Waals surface area contributed by atoms with Crippen LogP contribution in [0.2, 0.25) is 0 Å². The van der Waals surface area contributed by atoms with Gasteiger partial charge in [0.25, 0.3) is 0 Å². The minimum absolute atomic E-state index is 0.0936. The third kappa shape index (κ3) is 4.02. The zero-order valence-corrected chi connectivity index (χ0v) is 14.1. The second kappa shape index (κ2) is 8.08. The van der Waals surface area contributed by atoms with Gasteiger partial charge in [0.1, 0.15) is 0 Å². The Labute approximate surface area is 143 Å². The van der Waals surface area contributed by atoms with E-state index in [1.54, 1.807) is 4.90 Å². The van der Waals surface area contributed by atoms with E-state index < -0.39 is 0 Å². The van der Waals surface area contributed by atoms with Crippen LogP contribution in [0, 0.1) is 0 Å². The zero-order chi connectivity index (χ0) is 16.8. The molecule has 0 spiro atoms. The lowest BCUT2D eigenvalue weighted by Crippen LogP contribution is -2.41. The highest BCUT2D eigenvalue weighted by Gasteiger charge is 2.32. The lowest BCUT2D eigenvalue weighted by Gasteiger charge is -2.28. The van der Waals surface area contributed by atoms with Crippen LogP contribution < -0.4 is 4.90 Å². The van der Waals surface area contributed by atoms with Crippen LogP contribution in [0.15, 0.2) is 60.7 Å². The quantitative estimate of drug-likeness (QED) is 0.813. The van der Waals surface area contributed by atoms with Crippen molar-refractivity contribution in [2.24, 2.45) is 0 Å². The molecule has 2 aromatic carbocycles. The normalized spacial score (nSPS) is 17.8. The van der Waals surface area contributed by atoms with Gasteiger partial charge in [-0.15, -0.1) is 0 Å². The van der Waals surface area contributed by atoms with E-state index in [0.29, 0.717) is 6.42 Å². The number of rotatable bonds is 6. The van der Waals surface area contributed by atoms with Crippen molar-refractivity contribution in [2.75, 3.05) is 18.0 Å². The average Bonchev–Trinajstić information content (AvgIpc) is 3.10. The standard InChI is InChI=1S/C20H24N2O2/c1-2-19(23)22(18-11-7-4-8-12-18)20-14-16-21(24-20)15-13-17-9-5-3-6-10-17/h3-12,20H,2,13-16H2,1H3. The average molecular weight is 324 g/mol. The molecule has 1 amide bonds. The zero-order valence-electron chi connectivity index (χ0n) is 14.1. The summed E-state index contributed by atoms with van der Waals surface area (Å²) >= 11 is 0. The number of carbonyl (C=O) groups excluding carboxylic acids is 1. The van der Waals surface area contributed by atoms with Gasteiger partial charge in [-0.3, -0.25) is 14.5 Å². The van der Waals surface area contributed by atoms with E-state index in [-0.39, 0.29) is 12.1 Å². The third-order valence-electron chi connectivity index (χ3n) is 4.28. The lowest BCUT2D eigenvalue weighted by atomic mass is 10.1. The molecule has 24 heavy (non-hydrogen) atoms. The molecule has 126 valence electrons. The molecular formula is C20H24N2O2. The number of carbonyl (C=O) groups is 1. The molecule has 0 aliphatic carbocycles. The van der Waals surface area contributed by atoms with E-state index >= 15 is 0 Å². The number of benzene rings is 2. The molecule has 1 aliphatic rings. The lowest BCUT2D eigenvalue weighted by molar-refractivity contribution is -0.150. The highest BCUT2D eigenvalue weighted by atomic mass is 16.7. The molecule has 4 heteroatoms. The highest BCUT2D eigenvalue weighted by molar-refractivity contribution is 5.93. The topological polar surface area (TPSA) is 32.8 Å². The van der Waals surface area contributed by atoms with Crippen LogP contribution in [0.5, 0.6) is 0 Å². The molecule has 1 aliphatic heterocycles. The van der Waals surface area contributed by atoms with Crippen molar-refractivity contribution < 1.29 is 9.63 Å². The summed E-state index contributed by atoms with van der Waals surface area (Å²) in [5, 5.41) is 1.98. The first-order valence-corrected chi connectivity index (χ1v) is 8.60. The van der Waals surface area contributed by atoms with Crippen molar-refractivity contribution in [1.82, 2.24) is 5.06 Å². The minimum Gasteiger partial charge on any atom is -0.284 e. The number of nitrogens with zero attached hydrogens (tertiary/aromatic N) is 2. The minimum atomic E-state index is -0.212. The van der Waals surface area contributed by atoms with Gasteiger partial charge in [0, 0.05) is 31.6 Å². The molecule has 1 saturated heterocycles. The largest absolute Gasteiger partial charge is 0.284 e. The summed E-state index contributed by atoms with van der Waals surface area (Å²) in [7, 11) is 0. The van der Waals surface area contributed by atoms with Gasteiger partial charge in [-0.2, -0.15) is 5.06 Å². The van der Waals surface area contributed by atoms with E-state index in [9.17, 15) is 4.79 Å². The molecule has 1 heterocycles. The molecule has 0 aromatic heterocycles. The second-order valence-corrected chi connectivity index (χ2v) is 5.97. The van der Waals surface area contributed by atoms with Crippen molar-refractivity contribution >= 4 is 11.6 Å². The van der Waals surface area contributed by atoms with Gasteiger partial charge in [-0.05, 0) is 24.1 Å². The van der Waals surface area contributed by atoms with Gasteiger partial charge in [0.2, 0.25) is 5.91 Å². The Hall–Kier alpha value is -2.17. The monoisotopic (exact) mass is 324 g/mol. The first-order chi connectivity index (χ1) is 11.8. The van der Waals surface area contributed by atoms with Crippen molar-refractivity contribution in [3.63, 3.8) is 0 Å². The van der Waals surface area contributed by atoms with Gasteiger partial charge in [-0.25, -0.2) is 0 Å². The second-order valence-electron chi connectivity index (χ2n) is 5.97. The number of para-hydroxylation sites is 1. The number of hydroxylamine groups is 2. The van der Waals surface area contributed by atoms with Crippen molar-refractivity contribution in [2.45, 2.75) is 32.4 Å². The fraction of sp³-hybridized carbons (Fsp3) is 0.350. The van der Waals surface area contributed by atoms with Crippen molar-refractivity contribution in [1.29, 1.82) is 0 Å². The molecule has 2 aromatic rings. The molecule has 0 N–H and O–H groups in total. The molecule has 0 bridgehead atoms. The van der Waals surface area contributed by atoms with Crippen LogP contribution >= 0.6 is 0 Å². The maximum absolute atomic E-state index is 12.4. The smallest absolute Gasteiger partial charge is 0.228 e. The highest BCUT2D eigenvalue weighted by Crippen LogP contribution is 2.25. The fourth-order valence-electron chi connectivity index (χ4n) is 3.00. The van der Waals surface area contributed by atoms with Crippen LogP contribution in [0.3, 0.4) is 0 Å². The van der Waals surface area contributed by atoms with Gasteiger partial charge in [0.05, 0.1) is 0 Å². The number of anilines is 1. The molecule has 0 saturated carbocycles. The van der Waals surface area contributed by atoms with Gasteiger partial charge < -0.3 is 0 Å². The van der Waals surface area contributed by atoms with Crippen molar-refractivity contribution in [3.05, 3.63) is 66.2 Å². The maximum atomic E-state index is 12.4. The molecular weight excluding hydrogens is 300 g/mol. The number of hydrogen-bond acceptors (Lipinski definition) is 3. The summed E-state index contributed by atoms with van der Waals surface area (Å²) in [6.07, 6.45) is 2.03. The molecule has 0 radical (unpaired) electrons. The maximum Gasteiger partial charge on any atom is 0.228 e. The summed E-state index contributed by atoms with van der Waals surface area (Å²) in [5.74, 6) is 0.0936. The van der Waals surface area contributed by atoms with E-state index in [4.69, 9.17) is 4.84 Å². The molecule has 3 rings (SSSR count). The summed E-state index contributed by atoms with van der Waals surface area (Å²) in [6, 6.07) is 20.2. The van der Waals surface area contributed by atoms with Crippen LogP contribution in [0.4, 0.5) is 5.69 Å². The summed E-state index contributed by atoms with van der Waals surface area (Å²) in [5.41, 5.74) is 2.20. The predicted octanol–water partition coefficient (Wildman–Crippen LogP) is 3.64. The van der Waals surface area contributed by atoms with Gasteiger partial charge in [-0.1, -0.05) is 55.5 Å². The summed E-state index contributed by atoms with van der Waals surface area (Å²) in [6.45, 7) is 3.57. The molecule has 1 unspecified atom stereocenters. The van der Waals surface area contributed by atoms with Crippen LogP contribution in [0.1, 0.15) is 25.3 Å². The number of amides is 1. The summed E-state index contributed by atoms with van der Waals surface area (Å²) < 4.78 is 0. The van der Waals surface area contributed by atoms with E-state index in [0.717, 1.165) is 31.6 Å². The van der Waals surface area contributed by atoms with Gasteiger partial charge >= 0.3 is 0 Å². The molecule has 4 nitrogen and oxygen atoms in total. The van der Waals surface area contributed by atoms with Gasteiger partial charge in [0.15, 0.2) is 6.23 Å². The van der Waals surface area contributed by atoms with Crippen LogP contribution in [-0.4, -0.2) is 30.3 Å². The van der Waals surface area contributed by atoms with E-state index in [1.807, 2.05) is 48.4 Å². The fourth-order valence-corrected chi connectivity index (χ4v) is 3.00. The Bertz CT molecular complexity index is 645. The Balaban J connectivity index is 1.63. The SMILES string of the molecule is CCC(=O)N(c1ccccc1)C1CCN(CCc2ccccc2)O1. The molecule has 1 atom stereocenters. The van der Waals surface area contributed by atoms with E-state index in [2.05, 4.69) is 24.3 Å². The van der Waals surface area contributed by atoms with Crippen LogP contribution in [0.25, 0.3) is 0 Å². The Kier molecular flexibility index (Phi) is 5.62. The Morgan fingerprint density at radius 1 is 1.12 bits per heavy atom. The van der Waals surface area contributed by atoms with Crippen LogP contribution in [-0.2, 0) is 16.1 Å². The Morgan fingerprint density at radius 2 is 1.79 bits per heavy atom. The predicted molar refractivity (Wildman–Crippen MR) is 95.4 cm³/mol. The first-order valence-electron chi connectivity index (χ1n) is 8.60. The van der Waals surface area contributed by atoms with E-state index in [1.165, 1.54) is 5.56 Å². The summed E-state index contributed by atoms with van der Waals surface area (Å²) in [4.78, 5) is 20.3.